The predicted molar refractivity (Wildman–Crippen MR) is 92.0 cm³/mol. The molecule has 0 aliphatic carbocycles. The Labute approximate surface area is 146 Å². The lowest BCUT2D eigenvalue weighted by atomic mass is 10.1. The first-order valence-electron chi connectivity index (χ1n) is 8.24. The van der Waals surface area contributed by atoms with E-state index in [1.54, 1.807) is 19.1 Å². The molecule has 1 aromatic carbocycles. The van der Waals surface area contributed by atoms with E-state index in [0.29, 0.717) is 37.8 Å². The summed E-state index contributed by atoms with van der Waals surface area (Å²) in [5, 5.41) is 6.19. The standard InChI is InChI=1S/C17H26F3N3O2/c1-4-21-16(22-8-9-24-5-2)23-11-14-7-6-13(3)10-15(14)25-12-17(18,19)20/h6-7,10H,4-5,8-9,11-12H2,1-3H3,(H2,21,22,23). The summed E-state index contributed by atoms with van der Waals surface area (Å²) in [5.74, 6) is 0.774. The summed E-state index contributed by atoms with van der Waals surface area (Å²) in [6, 6.07) is 5.14. The van der Waals surface area contributed by atoms with Gasteiger partial charge in [-0.25, -0.2) is 4.99 Å². The molecule has 1 rings (SSSR count). The molecule has 0 aromatic heterocycles. The number of aliphatic imine (C=N–C) groups is 1. The summed E-state index contributed by atoms with van der Waals surface area (Å²) >= 11 is 0. The van der Waals surface area contributed by atoms with Gasteiger partial charge in [0.2, 0.25) is 0 Å². The van der Waals surface area contributed by atoms with Crippen LogP contribution in [0.2, 0.25) is 0 Å². The van der Waals surface area contributed by atoms with Gasteiger partial charge in [0.25, 0.3) is 0 Å². The molecule has 0 saturated carbocycles. The summed E-state index contributed by atoms with van der Waals surface area (Å²) in [7, 11) is 0. The number of hydrogen-bond donors (Lipinski definition) is 2. The fourth-order valence-corrected chi connectivity index (χ4v) is 1.98. The Morgan fingerprint density at radius 2 is 1.96 bits per heavy atom. The summed E-state index contributed by atoms with van der Waals surface area (Å²) < 4.78 is 47.4. The molecule has 0 amide bonds. The van der Waals surface area contributed by atoms with Crippen LogP contribution in [0.3, 0.4) is 0 Å². The van der Waals surface area contributed by atoms with Crippen molar-refractivity contribution in [2.45, 2.75) is 33.5 Å². The Balaban J connectivity index is 2.76. The summed E-state index contributed by atoms with van der Waals surface area (Å²) in [6.07, 6.45) is -4.37. The first kappa shape index (κ1) is 21.1. The van der Waals surface area contributed by atoms with Gasteiger partial charge in [-0.05, 0) is 32.4 Å². The smallest absolute Gasteiger partial charge is 0.422 e. The van der Waals surface area contributed by atoms with Crippen molar-refractivity contribution in [1.29, 1.82) is 0 Å². The molecule has 0 spiro atoms. The normalized spacial score (nSPS) is 12.2. The van der Waals surface area contributed by atoms with Gasteiger partial charge in [0.1, 0.15) is 5.75 Å². The van der Waals surface area contributed by atoms with Gasteiger partial charge in [-0.15, -0.1) is 0 Å². The molecule has 0 saturated heterocycles. The first-order valence-corrected chi connectivity index (χ1v) is 8.24. The molecule has 0 unspecified atom stereocenters. The van der Waals surface area contributed by atoms with Crippen LogP contribution in [0.4, 0.5) is 13.2 Å². The zero-order chi connectivity index (χ0) is 18.7. The molecule has 0 fully saturated rings. The first-order chi connectivity index (χ1) is 11.9. The summed E-state index contributed by atoms with van der Waals surface area (Å²) in [4.78, 5) is 4.39. The van der Waals surface area contributed by atoms with Crippen LogP contribution in [0.1, 0.15) is 25.0 Å². The van der Waals surface area contributed by atoms with E-state index in [9.17, 15) is 13.2 Å². The molecule has 5 nitrogen and oxygen atoms in total. The van der Waals surface area contributed by atoms with Crippen molar-refractivity contribution >= 4 is 5.96 Å². The van der Waals surface area contributed by atoms with Crippen molar-refractivity contribution in [3.8, 4) is 5.75 Å². The molecule has 0 aliphatic heterocycles. The Morgan fingerprint density at radius 3 is 2.60 bits per heavy atom. The zero-order valence-corrected chi connectivity index (χ0v) is 14.9. The second-order valence-electron chi connectivity index (χ2n) is 5.33. The fourth-order valence-electron chi connectivity index (χ4n) is 1.98. The summed E-state index contributed by atoms with van der Waals surface area (Å²) in [5.41, 5.74) is 1.42. The van der Waals surface area contributed by atoms with Crippen molar-refractivity contribution in [3.05, 3.63) is 29.3 Å². The fraction of sp³-hybridized carbons (Fsp3) is 0.588. The molecule has 0 bridgehead atoms. The van der Waals surface area contributed by atoms with Gasteiger partial charge in [0.05, 0.1) is 13.2 Å². The topological polar surface area (TPSA) is 54.9 Å². The van der Waals surface area contributed by atoms with Crippen LogP contribution in [0, 0.1) is 6.92 Å². The van der Waals surface area contributed by atoms with E-state index >= 15 is 0 Å². The van der Waals surface area contributed by atoms with Crippen molar-refractivity contribution in [1.82, 2.24) is 10.6 Å². The number of alkyl halides is 3. The highest BCUT2D eigenvalue weighted by atomic mass is 19.4. The minimum absolute atomic E-state index is 0.200. The Morgan fingerprint density at radius 1 is 1.20 bits per heavy atom. The van der Waals surface area contributed by atoms with Crippen molar-refractivity contribution in [3.63, 3.8) is 0 Å². The van der Waals surface area contributed by atoms with Crippen LogP contribution in [-0.4, -0.2) is 45.0 Å². The number of ether oxygens (including phenoxy) is 2. The number of hydrogen-bond acceptors (Lipinski definition) is 3. The number of guanidine groups is 1. The van der Waals surface area contributed by atoms with Gasteiger partial charge in [-0.3, -0.25) is 0 Å². The number of benzene rings is 1. The van der Waals surface area contributed by atoms with Gasteiger partial charge in [-0.1, -0.05) is 12.1 Å². The summed E-state index contributed by atoms with van der Waals surface area (Å²) in [6.45, 7) is 6.98. The van der Waals surface area contributed by atoms with Crippen LogP contribution >= 0.6 is 0 Å². The third-order valence-corrected chi connectivity index (χ3v) is 3.11. The number of nitrogens with one attached hydrogen (secondary N) is 2. The molecule has 8 heteroatoms. The minimum Gasteiger partial charge on any atom is -0.484 e. The van der Waals surface area contributed by atoms with Gasteiger partial charge in [0, 0.05) is 25.3 Å². The lowest BCUT2D eigenvalue weighted by molar-refractivity contribution is -0.153. The number of nitrogens with zero attached hydrogens (tertiary/aromatic N) is 1. The third kappa shape index (κ3) is 9.19. The maximum atomic E-state index is 12.4. The molecule has 142 valence electrons. The molecule has 2 N–H and O–H groups in total. The van der Waals surface area contributed by atoms with E-state index in [0.717, 1.165) is 5.56 Å². The quantitative estimate of drug-likeness (QED) is 0.403. The van der Waals surface area contributed by atoms with E-state index in [-0.39, 0.29) is 12.3 Å². The highest BCUT2D eigenvalue weighted by Crippen LogP contribution is 2.24. The SMILES string of the molecule is CCNC(=NCc1ccc(C)cc1OCC(F)(F)F)NCCOCC. The number of halogens is 3. The number of rotatable bonds is 9. The monoisotopic (exact) mass is 361 g/mol. The Kier molecular flexibility index (Phi) is 9.12. The van der Waals surface area contributed by atoms with Crippen molar-refractivity contribution in [2.75, 3.05) is 32.9 Å². The molecule has 0 radical (unpaired) electrons. The van der Waals surface area contributed by atoms with Gasteiger partial charge in [0.15, 0.2) is 12.6 Å². The van der Waals surface area contributed by atoms with Crippen LogP contribution in [-0.2, 0) is 11.3 Å². The van der Waals surface area contributed by atoms with Crippen LogP contribution in [0.25, 0.3) is 0 Å². The Hall–Kier alpha value is -1.96. The maximum Gasteiger partial charge on any atom is 0.422 e. The van der Waals surface area contributed by atoms with E-state index in [1.807, 2.05) is 19.9 Å². The van der Waals surface area contributed by atoms with Crippen molar-refractivity contribution in [2.24, 2.45) is 4.99 Å². The molecule has 0 aliphatic rings. The van der Waals surface area contributed by atoms with Gasteiger partial charge in [-0.2, -0.15) is 13.2 Å². The lowest BCUT2D eigenvalue weighted by Gasteiger charge is -2.14. The van der Waals surface area contributed by atoms with Gasteiger partial charge < -0.3 is 20.1 Å². The lowest BCUT2D eigenvalue weighted by Crippen LogP contribution is -2.39. The molecule has 0 atom stereocenters. The van der Waals surface area contributed by atoms with E-state index in [2.05, 4.69) is 15.6 Å². The molecule has 25 heavy (non-hydrogen) atoms. The molecule has 0 heterocycles. The predicted octanol–water partition coefficient (Wildman–Crippen LogP) is 3.03. The second-order valence-corrected chi connectivity index (χ2v) is 5.33. The Bertz CT molecular complexity index is 548. The third-order valence-electron chi connectivity index (χ3n) is 3.11. The highest BCUT2D eigenvalue weighted by Gasteiger charge is 2.28. The van der Waals surface area contributed by atoms with E-state index < -0.39 is 12.8 Å². The van der Waals surface area contributed by atoms with E-state index in [4.69, 9.17) is 9.47 Å². The van der Waals surface area contributed by atoms with Crippen LogP contribution in [0.5, 0.6) is 5.75 Å². The molecule has 1 aromatic rings. The average Bonchev–Trinajstić information content (AvgIpc) is 2.55. The van der Waals surface area contributed by atoms with Gasteiger partial charge >= 0.3 is 6.18 Å². The van der Waals surface area contributed by atoms with Crippen LogP contribution in [0.15, 0.2) is 23.2 Å². The van der Waals surface area contributed by atoms with Crippen molar-refractivity contribution < 1.29 is 22.6 Å². The second kappa shape index (κ2) is 10.8. The average molecular weight is 361 g/mol. The molecular formula is C17H26F3N3O2. The maximum absolute atomic E-state index is 12.4. The van der Waals surface area contributed by atoms with Crippen LogP contribution < -0.4 is 15.4 Å². The number of aryl methyl sites for hydroxylation is 1. The highest BCUT2D eigenvalue weighted by molar-refractivity contribution is 5.79. The largest absolute Gasteiger partial charge is 0.484 e. The van der Waals surface area contributed by atoms with E-state index in [1.165, 1.54) is 0 Å². The molecular weight excluding hydrogens is 335 g/mol. The minimum atomic E-state index is -4.37. The zero-order valence-electron chi connectivity index (χ0n) is 14.9.